The maximum atomic E-state index is 14.6. The van der Waals surface area contributed by atoms with Crippen LogP contribution in [0.1, 0.15) is 131 Å². The van der Waals surface area contributed by atoms with Crippen LogP contribution in [0.25, 0.3) is 0 Å². The molecular formula is C65H78O19. The molecule has 0 radical (unpaired) electrons. The minimum Gasteiger partial charge on any atom is -0.460 e. The second-order valence-corrected chi connectivity index (χ2v) is 21.3. The van der Waals surface area contributed by atoms with E-state index in [1.54, 1.807) is 30.3 Å². The molecule has 452 valence electrons. The second kappa shape index (κ2) is 34.2. The summed E-state index contributed by atoms with van der Waals surface area (Å²) in [5.74, 6) is -9.64. The van der Waals surface area contributed by atoms with Crippen LogP contribution in [0.5, 0.6) is 23.0 Å². The van der Waals surface area contributed by atoms with E-state index in [1.165, 1.54) is 107 Å². The number of benzene rings is 4. The van der Waals surface area contributed by atoms with Crippen molar-refractivity contribution in [2.45, 2.75) is 147 Å². The van der Waals surface area contributed by atoms with Gasteiger partial charge < -0.3 is 47.7 Å². The molecular weight excluding hydrogens is 1080 g/mol. The molecule has 4 rings (SSSR count). The molecule has 0 heterocycles. The fourth-order valence-electron chi connectivity index (χ4n) is 9.14. The summed E-state index contributed by atoms with van der Waals surface area (Å²) in [4.78, 5) is 118. The zero-order valence-electron chi connectivity index (χ0n) is 49.7. The SMILES string of the molecule is CCC(C)CC(C)CC(C)CC(C)/C=C(C)/C=C(\CC(C)C(=O)OC(C(=O)OCc1ccc(OC(C)=O)cc1)C(C(=O)OCc1ccc(OC(C)=O)cc1)C(O)C(=O)OCc1ccc(OC(C)=O)cc1)C(=O)OCc1ccc(OC(C)=O)cc1. The Morgan fingerprint density at radius 1 is 0.452 bits per heavy atom. The van der Waals surface area contributed by atoms with Crippen LogP contribution in [0, 0.1) is 35.5 Å². The summed E-state index contributed by atoms with van der Waals surface area (Å²) >= 11 is 0. The Bertz CT molecular complexity index is 2920. The van der Waals surface area contributed by atoms with Gasteiger partial charge in [0.05, 0.1) is 5.92 Å². The molecule has 8 atom stereocenters. The highest BCUT2D eigenvalue weighted by Gasteiger charge is 2.48. The number of aliphatic hydroxyl groups is 1. The number of hydrogen-bond donors (Lipinski definition) is 1. The van der Waals surface area contributed by atoms with Crippen molar-refractivity contribution < 1.29 is 90.9 Å². The van der Waals surface area contributed by atoms with Crippen LogP contribution in [0.2, 0.25) is 0 Å². The Morgan fingerprint density at radius 2 is 0.810 bits per heavy atom. The van der Waals surface area contributed by atoms with Crippen LogP contribution in [-0.4, -0.2) is 71.0 Å². The normalized spacial score (nSPS) is 14.3. The summed E-state index contributed by atoms with van der Waals surface area (Å²) in [6.45, 7) is 17.4. The van der Waals surface area contributed by atoms with Crippen molar-refractivity contribution in [2.24, 2.45) is 35.5 Å². The Kier molecular flexibility index (Phi) is 27.7. The molecule has 0 aliphatic carbocycles. The van der Waals surface area contributed by atoms with E-state index in [9.17, 15) is 48.3 Å². The second-order valence-electron chi connectivity index (χ2n) is 21.3. The molecule has 0 saturated heterocycles. The number of hydrogen-bond acceptors (Lipinski definition) is 19. The zero-order valence-corrected chi connectivity index (χ0v) is 49.7. The third-order valence-corrected chi connectivity index (χ3v) is 13.1. The van der Waals surface area contributed by atoms with Crippen molar-refractivity contribution in [3.63, 3.8) is 0 Å². The first-order valence-electron chi connectivity index (χ1n) is 27.8. The first-order chi connectivity index (χ1) is 39.8. The summed E-state index contributed by atoms with van der Waals surface area (Å²) in [6.07, 6.45) is 2.47. The van der Waals surface area contributed by atoms with Crippen molar-refractivity contribution in [1.29, 1.82) is 0 Å². The Hall–Kier alpha value is -8.45. The van der Waals surface area contributed by atoms with Crippen molar-refractivity contribution in [3.05, 3.63) is 143 Å². The molecule has 8 unspecified atom stereocenters. The number of carbonyl (C=O) groups is 9. The summed E-state index contributed by atoms with van der Waals surface area (Å²) in [5.41, 5.74) is 2.30. The van der Waals surface area contributed by atoms with Crippen LogP contribution >= 0.6 is 0 Å². The quantitative estimate of drug-likeness (QED) is 0.0161. The highest BCUT2D eigenvalue weighted by Crippen LogP contribution is 2.29. The van der Waals surface area contributed by atoms with Gasteiger partial charge in [-0.2, -0.15) is 0 Å². The minimum absolute atomic E-state index is 0.0312. The Balaban J connectivity index is 1.73. The maximum absolute atomic E-state index is 14.6. The number of aliphatic hydroxyl groups excluding tert-OH is 1. The lowest BCUT2D eigenvalue weighted by atomic mass is 9.84. The molecule has 0 spiro atoms. The van der Waals surface area contributed by atoms with Gasteiger partial charge in [-0.05, 0) is 133 Å². The predicted molar refractivity (Wildman–Crippen MR) is 306 cm³/mol. The van der Waals surface area contributed by atoms with Gasteiger partial charge in [-0.1, -0.05) is 108 Å². The summed E-state index contributed by atoms with van der Waals surface area (Å²) in [7, 11) is 0. The highest BCUT2D eigenvalue weighted by molar-refractivity contribution is 5.92. The van der Waals surface area contributed by atoms with Gasteiger partial charge in [0, 0.05) is 33.3 Å². The fraction of sp³-hybridized carbons (Fsp3) is 0.431. The Morgan fingerprint density at radius 3 is 1.20 bits per heavy atom. The molecule has 19 heteroatoms. The number of allylic oxidation sites excluding steroid dienone is 3. The van der Waals surface area contributed by atoms with Gasteiger partial charge in [-0.15, -0.1) is 0 Å². The van der Waals surface area contributed by atoms with E-state index in [0.717, 1.165) is 25.7 Å². The first-order valence-corrected chi connectivity index (χ1v) is 27.8. The largest absolute Gasteiger partial charge is 0.460 e. The molecule has 0 aliphatic rings. The third-order valence-electron chi connectivity index (χ3n) is 13.1. The van der Waals surface area contributed by atoms with Crippen molar-refractivity contribution >= 4 is 53.7 Å². The van der Waals surface area contributed by atoms with E-state index < -0.39 is 97.6 Å². The first kappa shape index (κ1) is 68.1. The van der Waals surface area contributed by atoms with Crippen molar-refractivity contribution in [1.82, 2.24) is 0 Å². The monoisotopic (exact) mass is 1160 g/mol. The van der Waals surface area contributed by atoms with Gasteiger partial charge in [-0.25, -0.2) is 14.4 Å². The molecule has 1 N–H and O–H groups in total. The lowest BCUT2D eigenvalue weighted by molar-refractivity contribution is -0.190. The molecule has 4 aromatic carbocycles. The van der Waals surface area contributed by atoms with Crippen LogP contribution in [0.3, 0.4) is 0 Å². The highest BCUT2D eigenvalue weighted by atomic mass is 16.6. The smallest absolute Gasteiger partial charge is 0.348 e. The zero-order chi connectivity index (χ0) is 62.0. The number of carbonyl (C=O) groups excluding carboxylic acids is 9. The summed E-state index contributed by atoms with van der Waals surface area (Å²) in [5, 5.41) is 11.9. The predicted octanol–water partition coefficient (Wildman–Crippen LogP) is 10.6. The molecule has 0 fully saturated rings. The average molecular weight is 1160 g/mol. The molecule has 0 aliphatic heterocycles. The van der Waals surface area contributed by atoms with E-state index in [4.69, 9.17) is 42.6 Å². The van der Waals surface area contributed by atoms with Gasteiger partial charge in [0.25, 0.3) is 0 Å². The number of ether oxygens (including phenoxy) is 9. The van der Waals surface area contributed by atoms with Crippen LogP contribution in [0.15, 0.2) is 120 Å². The van der Waals surface area contributed by atoms with E-state index in [1.807, 2.05) is 13.0 Å². The van der Waals surface area contributed by atoms with E-state index >= 15 is 0 Å². The number of rotatable bonds is 31. The lowest BCUT2D eigenvalue weighted by Gasteiger charge is -2.28. The molecule has 0 aromatic heterocycles. The van der Waals surface area contributed by atoms with Crippen LogP contribution in [0.4, 0.5) is 0 Å². The topological polar surface area (TPSA) is 257 Å². The van der Waals surface area contributed by atoms with Gasteiger partial charge >= 0.3 is 53.7 Å². The standard InChI is InChI=1S/C65H78O19/c1-12-39(2)29-40(3)30-41(4)31-42(5)32-43(6)33-53(62(72)76-35-49-13-21-54(22-14-49)80-45(8)66)34-44(7)61(71)84-60(65(75)79-38-52-19-27-57(28-20-52)83-48(11)69)58(63(73)77-36-50-15-23-55(24-16-50)81-46(9)67)59(70)64(74)78-37-51-17-25-56(26-18-51)82-47(10)68/h13-28,32-33,39-42,44,58-60,70H,12,29-31,34-38H2,1-11H3/b43-32+,53-33+. The molecule has 0 amide bonds. The van der Waals surface area contributed by atoms with Gasteiger partial charge in [0.1, 0.15) is 55.3 Å². The van der Waals surface area contributed by atoms with Crippen molar-refractivity contribution in [2.75, 3.05) is 0 Å². The van der Waals surface area contributed by atoms with E-state index in [-0.39, 0.29) is 47.5 Å². The number of esters is 9. The fourth-order valence-corrected chi connectivity index (χ4v) is 9.14. The average Bonchev–Trinajstić information content (AvgIpc) is 3.37. The molecule has 0 bridgehead atoms. The minimum atomic E-state index is -2.57. The van der Waals surface area contributed by atoms with Crippen molar-refractivity contribution in [3.8, 4) is 23.0 Å². The van der Waals surface area contributed by atoms with Gasteiger partial charge in [0.2, 0.25) is 6.10 Å². The summed E-state index contributed by atoms with van der Waals surface area (Å²) < 4.78 is 48.6. The van der Waals surface area contributed by atoms with E-state index in [2.05, 4.69) is 34.6 Å². The maximum Gasteiger partial charge on any atom is 0.348 e. The Labute approximate surface area is 490 Å². The molecule has 19 nitrogen and oxygen atoms in total. The van der Waals surface area contributed by atoms with Crippen LogP contribution in [-0.2, 0) is 93.3 Å². The molecule has 0 saturated carbocycles. The van der Waals surface area contributed by atoms with Gasteiger partial charge in [0.15, 0.2) is 6.10 Å². The third kappa shape index (κ3) is 24.6. The van der Waals surface area contributed by atoms with E-state index in [0.29, 0.717) is 45.6 Å². The molecule has 4 aromatic rings. The van der Waals surface area contributed by atoms with Gasteiger partial charge in [-0.3, -0.25) is 28.8 Å². The molecule has 84 heavy (non-hydrogen) atoms. The summed E-state index contributed by atoms with van der Waals surface area (Å²) in [6, 6.07) is 23.7. The van der Waals surface area contributed by atoms with Crippen LogP contribution < -0.4 is 18.9 Å². The lowest BCUT2D eigenvalue weighted by Crippen LogP contribution is -2.50.